The highest BCUT2D eigenvalue weighted by molar-refractivity contribution is 7.89. The van der Waals surface area contributed by atoms with Gasteiger partial charge in [-0.25, -0.2) is 13.1 Å². The molecule has 0 radical (unpaired) electrons. The van der Waals surface area contributed by atoms with Crippen molar-refractivity contribution < 1.29 is 13.2 Å². The molecule has 1 N–H and O–H groups in total. The second kappa shape index (κ2) is 6.31. The van der Waals surface area contributed by atoms with Crippen molar-refractivity contribution in [1.82, 2.24) is 4.72 Å². The van der Waals surface area contributed by atoms with Crippen LogP contribution in [-0.2, 0) is 20.2 Å². The third-order valence-corrected chi connectivity index (χ3v) is 8.67. The van der Waals surface area contributed by atoms with Crippen LogP contribution in [-0.4, -0.2) is 27.4 Å². The number of rotatable bonds is 4. The SMILES string of the molecule is CC(NS(=O)(=O)c1ccc2c(c1)C(C)(C)CC(=O)N2C)C1CC2CCC1C2. The van der Waals surface area contributed by atoms with Gasteiger partial charge in [0, 0.05) is 30.6 Å². The first-order valence-electron chi connectivity index (χ1n) is 10.0. The molecule has 4 unspecified atom stereocenters. The summed E-state index contributed by atoms with van der Waals surface area (Å²) in [6.07, 6.45) is 5.36. The zero-order chi connectivity index (χ0) is 19.6. The van der Waals surface area contributed by atoms with Crippen molar-refractivity contribution in [3.8, 4) is 0 Å². The standard InChI is InChI=1S/C21H30N2O3S/c1-13(17-10-14-5-6-15(17)9-14)22-27(25,26)16-7-8-19-18(11-16)21(2,3)12-20(24)23(19)4/h7-8,11,13-15,17,22H,5-6,9-10,12H2,1-4H3. The van der Waals surface area contributed by atoms with Crippen LogP contribution in [0.1, 0.15) is 58.4 Å². The fourth-order valence-corrected chi connectivity index (χ4v) is 6.87. The highest BCUT2D eigenvalue weighted by Crippen LogP contribution is 2.49. The molecule has 6 heteroatoms. The van der Waals surface area contributed by atoms with Crippen LogP contribution in [0.3, 0.4) is 0 Å². The van der Waals surface area contributed by atoms with E-state index in [2.05, 4.69) is 4.72 Å². The largest absolute Gasteiger partial charge is 0.315 e. The number of anilines is 1. The van der Waals surface area contributed by atoms with E-state index in [-0.39, 0.29) is 17.4 Å². The summed E-state index contributed by atoms with van der Waals surface area (Å²) >= 11 is 0. The lowest BCUT2D eigenvalue weighted by Gasteiger charge is -2.37. The topological polar surface area (TPSA) is 66.5 Å². The van der Waals surface area contributed by atoms with Gasteiger partial charge in [0.1, 0.15) is 0 Å². The van der Waals surface area contributed by atoms with Gasteiger partial charge >= 0.3 is 0 Å². The van der Waals surface area contributed by atoms with Crippen LogP contribution >= 0.6 is 0 Å². The number of nitrogens with one attached hydrogen (secondary N) is 1. The van der Waals surface area contributed by atoms with Crippen LogP contribution in [0.5, 0.6) is 0 Å². The zero-order valence-corrected chi connectivity index (χ0v) is 17.5. The van der Waals surface area contributed by atoms with Crippen molar-refractivity contribution in [1.29, 1.82) is 0 Å². The number of benzene rings is 1. The van der Waals surface area contributed by atoms with E-state index in [9.17, 15) is 13.2 Å². The van der Waals surface area contributed by atoms with Crippen molar-refractivity contribution in [3.63, 3.8) is 0 Å². The molecule has 2 fully saturated rings. The summed E-state index contributed by atoms with van der Waals surface area (Å²) in [7, 11) is -1.83. The lowest BCUT2D eigenvalue weighted by atomic mass is 9.77. The Morgan fingerprint density at radius 2 is 1.96 bits per heavy atom. The smallest absolute Gasteiger partial charge is 0.240 e. The first kappa shape index (κ1) is 18.9. The van der Waals surface area contributed by atoms with E-state index in [1.165, 1.54) is 19.3 Å². The number of nitrogens with zero attached hydrogens (tertiary/aromatic N) is 1. The Morgan fingerprint density at radius 1 is 1.22 bits per heavy atom. The average Bonchev–Trinajstić information content (AvgIpc) is 3.22. The summed E-state index contributed by atoms with van der Waals surface area (Å²) in [5, 5.41) is 0. The number of carbonyl (C=O) groups is 1. The molecule has 2 bridgehead atoms. The predicted octanol–water partition coefficient (Wildman–Crippen LogP) is 3.43. The van der Waals surface area contributed by atoms with E-state index in [0.717, 1.165) is 23.6 Å². The van der Waals surface area contributed by atoms with E-state index < -0.39 is 10.0 Å². The number of fused-ring (bicyclic) bond motifs is 3. The quantitative estimate of drug-likeness (QED) is 0.856. The molecule has 2 saturated carbocycles. The zero-order valence-electron chi connectivity index (χ0n) is 16.7. The average molecular weight is 391 g/mol. The Hall–Kier alpha value is -1.40. The molecule has 0 saturated heterocycles. The third-order valence-electron chi connectivity index (χ3n) is 7.11. The van der Waals surface area contributed by atoms with Crippen LogP contribution in [0, 0.1) is 17.8 Å². The normalized spacial score (nSPS) is 30.4. The van der Waals surface area contributed by atoms with Gasteiger partial charge in [0.2, 0.25) is 15.9 Å². The first-order chi connectivity index (χ1) is 12.6. The lowest BCUT2D eigenvalue weighted by molar-refractivity contribution is -0.119. The minimum Gasteiger partial charge on any atom is -0.315 e. The molecule has 148 valence electrons. The predicted molar refractivity (Wildman–Crippen MR) is 106 cm³/mol. The van der Waals surface area contributed by atoms with Crippen LogP contribution in [0.4, 0.5) is 5.69 Å². The molecule has 1 heterocycles. The number of amides is 1. The fourth-order valence-electron chi connectivity index (χ4n) is 5.55. The van der Waals surface area contributed by atoms with E-state index in [1.54, 1.807) is 30.1 Å². The monoisotopic (exact) mass is 390 g/mol. The second-order valence-electron chi connectivity index (χ2n) is 9.44. The summed E-state index contributed by atoms with van der Waals surface area (Å²) in [4.78, 5) is 14.1. The molecule has 1 aromatic carbocycles. The van der Waals surface area contributed by atoms with Crippen molar-refractivity contribution in [2.75, 3.05) is 11.9 Å². The Morgan fingerprint density at radius 3 is 2.59 bits per heavy atom. The number of hydrogen-bond donors (Lipinski definition) is 1. The molecule has 0 spiro atoms. The van der Waals surface area contributed by atoms with Gasteiger partial charge in [0.05, 0.1) is 4.90 Å². The van der Waals surface area contributed by atoms with Gasteiger partial charge in [-0.05, 0) is 67.7 Å². The van der Waals surface area contributed by atoms with Gasteiger partial charge in [-0.3, -0.25) is 4.79 Å². The lowest BCUT2D eigenvalue weighted by Crippen LogP contribution is -2.41. The van der Waals surface area contributed by atoms with E-state index >= 15 is 0 Å². The third kappa shape index (κ3) is 3.21. The Bertz CT molecular complexity index is 877. The van der Waals surface area contributed by atoms with Gasteiger partial charge in [-0.2, -0.15) is 0 Å². The van der Waals surface area contributed by atoms with E-state index in [0.29, 0.717) is 23.2 Å². The second-order valence-corrected chi connectivity index (χ2v) is 11.2. The summed E-state index contributed by atoms with van der Waals surface area (Å²) in [6, 6.07) is 5.11. The summed E-state index contributed by atoms with van der Waals surface area (Å²) < 4.78 is 29.1. The van der Waals surface area contributed by atoms with Gasteiger partial charge in [-0.1, -0.05) is 20.3 Å². The van der Waals surface area contributed by atoms with Crippen LogP contribution < -0.4 is 9.62 Å². The van der Waals surface area contributed by atoms with Crippen molar-refractivity contribution >= 4 is 21.6 Å². The highest BCUT2D eigenvalue weighted by Gasteiger charge is 2.43. The Labute approximate surface area is 162 Å². The van der Waals surface area contributed by atoms with Gasteiger partial charge in [0.15, 0.2) is 0 Å². The van der Waals surface area contributed by atoms with Gasteiger partial charge in [0.25, 0.3) is 0 Å². The van der Waals surface area contributed by atoms with Gasteiger partial charge in [-0.15, -0.1) is 0 Å². The molecule has 27 heavy (non-hydrogen) atoms. The van der Waals surface area contributed by atoms with Crippen LogP contribution in [0.2, 0.25) is 0 Å². The van der Waals surface area contributed by atoms with E-state index in [4.69, 9.17) is 0 Å². The van der Waals surface area contributed by atoms with E-state index in [1.807, 2.05) is 20.8 Å². The molecule has 0 aromatic heterocycles. The molecule has 1 amide bonds. The maximum atomic E-state index is 13.1. The molecular weight excluding hydrogens is 360 g/mol. The first-order valence-corrected chi connectivity index (χ1v) is 11.5. The molecule has 4 atom stereocenters. The summed E-state index contributed by atoms with van der Waals surface area (Å²) in [5.41, 5.74) is 1.34. The molecule has 1 aliphatic heterocycles. The number of sulfonamides is 1. The fraction of sp³-hybridized carbons (Fsp3) is 0.667. The Balaban J connectivity index is 1.60. The molecule has 5 nitrogen and oxygen atoms in total. The molecule has 3 aliphatic rings. The minimum atomic E-state index is -3.58. The molecule has 4 rings (SSSR count). The molecular formula is C21H30N2O3S. The molecule has 2 aliphatic carbocycles. The maximum Gasteiger partial charge on any atom is 0.240 e. The number of hydrogen-bond acceptors (Lipinski definition) is 3. The maximum absolute atomic E-state index is 13.1. The van der Waals surface area contributed by atoms with Crippen molar-refractivity contribution in [3.05, 3.63) is 23.8 Å². The number of carbonyl (C=O) groups excluding carboxylic acids is 1. The Kier molecular flexibility index (Phi) is 4.43. The van der Waals surface area contributed by atoms with Gasteiger partial charge < -0.3 is 4.90 Å². The van der Waals surface area contributed by atoms with Crippen molar-refractivity contribution in [2.45, 2.75) is 69.2 Å². The highest BCUT2D eigenvalue weighted by atomic mass is 32.2. The molecule has 1 aromatic rings. The minimum absolute atomic E-state index is 0.0430. The van der Waals surface area contributed by atoms with Crippen LogP contribution in [0.25, 0.3) is 0 Å². The van der Waals surface area contributed by atoms with Crippen LogP contribution in [0.15, 0.2) is 23.1 Å². The summed E-state index contributed by atoms with van der Waals surface area (Å²) in [5.74, 6) is 1.99. The van der Waals surface area contributed by atoms with Crippen molar-refractivity contribution in [2.24, 2.45) is 17.8 Å². The summed E-state index contributed by atoms with van der Waals surface area (Å²) in [6.45, 7) is 6.01.